The minimum Gasteiger partial charge on any atom is -0.497 e. The number of carbonyl (C=O) groups excluding carboxylic acids is 2. The van der Waals surface area contributed by atoms with E-state index in [2.05, 4.69) is 10.2 Å². The van der Waals surface area contributed by atoms with Gasteiger partial charge in [-0.2, -0.15) is 0 Å². The molecule has 0 saturated carbocycles. The van der Waals surface area contributed by atoms with E-state index >= 15 is 0 Å². The first-order valence-corrected chi connectivity index (χ1v) is 9.22. The van der Waals surface area contributed by atoms with Gasteiger partial charge >= 0.3 is 0 Å². The first-order valence-electron chi connectivity index (χ1n) is 9.22. The topological polar surface area (TPSA) is 97.1 Å². The van der Waals surface area contributed by atoms with Crippen LogP contribution in [0.15, 0.2) is 24.3 Å². The molecule has 8 nitrogen and oxygen atoms in total. The Morgan fingerprint density at radius 3 is 2.24 bits per heavy atom. The van der Waals surface area contributed by atoms with Crippen molar-refractivity contribution in [2.75, 3.05) is 60.0 Å². The highest BCUT2D eigenvalue weighted by molar-refractivity contribution is 5.94. The van der Waals surface area contributed by atoms with Crippen molar-refractivity contribution in [2.45, 2.75) is 12.5 Å². The molecule has 0 spiro atoms. The number of rotatable bonds is 9. The first kappa shape index (κ1) is 27.4. The lowest BCUT2D eigenvalue weighted by Gasteiger charge is -2.35. The van der Waals surface area contributed by atoms with Crippen LogP contribution in [0.2, 0.25) is 0 Å². The van der Waals surface area contributed by atoms with Gasteiger partial charge in [0.05, 0.1) is 19.6 Å². The Balaban J connectivity index is 0.00000392. The molecule has 1 aromatic rings. The van der Waals surface area contributed by atoms with Crippen molar-refractivity contribution in [3.63, 3.8) is 0 Å². The van der Waals surface area contributed by atoms with E-state index in [0.717, 1.165) is 25.4 Å². The third kappa shape index (κ3) is 8.76. The second kappa shape index (κ2) is 14.4. The van der Waals surface area contributed by atoms with Crippen molar-refractivity contribution in [3.8, 4) is 5.75 Å². The van der Waals surface area contributed by atoms with Gasteiger partial charge in [-0.3, -0.25) is 14.5 Å². The monoisotopic (exact) mass is 450 g/mol. The lowest BCUT2D eigenvalue weighted by atomic mass is 10.2. The number of methoxy groups -OCH3 is 2. The Bertz CT molecular complexity index is 607. The fourth-order valence-electron chi connectivity index (χ4n) is 2.98. The van der Waals surface area contributed by atoms with Crippen LogP contribution in [0.5, 0.6) is 5.75 Å². The summed E-state index contributed by atoms with van der Waals surface area (Å²) < 4.78 is 10.3. The number of halogens is 2. The van der Waals surface area contributed by atoms with E-state index in [0.29, 0.717) is 38.2 Å². The van der Waals surface area contributed by atoms with Crippen molar-refractivity contribution in [3.05, 3.63) is 29.8 Å². The number of amides is 2. The third-order valence-corrected chi connectivity index (χ3v) is 4.79. The highest BCUT2D eigenvalue weighted by Gasteiger charge is 2.23. The standard InChI is InChI=1S/C19H30N4O4.2ClH/c1-26-16-5-3-15(4-6-16)19(25)21-7-8-22-9-11-23(12-10-22)18(24)13-17(14-20)27-2;;/h3-6,17H,7-14,20H2,1-2H3,(H,21,25);2*1H. The van der Waals surface area contributed by atoms with Gasteiger partial charge in [-0.1, -0.05) is 0 Å². The van der Waals surface area contributed by atoms with E-state index in [-0.39, 0.29) is 42.7 Å². The largest absolute Gasteiger partial charge is 0.497 e. The van der Waals surface area contributed by atoms with Gasteiger partial charge in [0, 0.05) is 58.5 Å². The number of benzene rings is 1. The predicted molar refractivity (Wildman–Crippen MR) is 117 cm³/mol. The number of nitrogens with zero attached hydrogens (tertiary/aromatic N) is 2. The Morgan fingerprint density at radius 1 is 1.10 bits per heavy atom. The van der Waals surface area contributed by atoms with Crippen LogP contribution in [0.1, 0.15) is 16.8 Å². The molecule has 1 aliphatic rings. The van der Waals surface area contributed by atoms with Crippen LogP contribution in [0.25, 0.3) is 0 Å². The van der Waals surface area contributed by atoms with E-state index < -0.39 is 0 Å². The maximum Gasteiger partial charge on any atom is 0.251 e. The molecule has 1 fully saturated rings. The molecular formula is C19H32Cl2N4O4. The molecule has 1 aliphatic heterocycles. The molecule has 0 aromatic heterocycles. The van der Waals surface area contributed by atoms with Crippen molar-refractivity contribution in [1.82, 2.24) is 15.1 Å². The zero-order chi connectivity index (χ0) is 19.6. The van der Waals surface area contributed by atoms with Crippen molar-refractivity contribution < 1.29 is 19.1 Å². The average Bonchev–Trinajstić information content (AvgIpc) is 2.72. The molecule has 0 bridgehead atoms. The second-order valence-electron chi connectivity index (χ2n) is 6.50. The number of hydrogen-bond acceptors (Lipinski definition) is 6. The molecular weight excluding hydrogens is 419 g/mol. The molecule has 3 N–H and O–H groups in total. The van der Waals surface area contributed by atoms with Gasteiger partial charge in [-0.15, -0.1) is 24.8 Å². The van der Waals surface area contributed by atoms with Crippen LogP contribution < -0.4 is 15.8 Å². The summed E-state index contributed by atoms with van der Waals surface area (Å²) in [5, 5.41) is 2.93. The number of nitrogens with one attached hydrogen (secondary N) is 1. The second-order valence-corrected chi connectivity index (χ2v) is 6.50. The Morgan fingerprint density at radius 2 is 1.72 bits per heavy atom. The van der Waals surface area contributed by atoms with Crippen LogP contribution in [-0.2, 0) is 9.53 Å². The summed E-state index contributed by atoms with van der Waals surface area (Å²) in [6.45, 7) is 4.63. The lowest BCUT2D eigenvalue weighted by Crippen LogP contribution is -2.51. The summed E-state index contributed by atoms with van der Waals surface area (Å²) >= 11 is 0. The Kier molecular flexibility index (Phi) is 13.6. The van der Waals surface area contributed by atoms with Crippen molar-refractivity contribution in [1.29, 1.82) is 0 Å². The van der Waals surface area contributed by atoms with Crippen molar-refractivity contribution in [2.24, 2.45) is 5.73 Å². The third-order valence-electron chi connectivity index (χ3n) is 4.79. The van der Waals surface area contributed by atoms with E-state index in [4.69, 9.17) is 15.2 Å². The predicted octanol–water partition coefficient (Wildman–Crippen LogP) is 0.777. The van der Waals surface area contributed by atoms with Gasteiger partial charge in [-0.05, 0) is 24.3 Å². The molecule has 1 aromatic carbocycles. The zero-order valence-electron chi connectivity index (χ0n) is 17.0. The molecule has 166 valence electrons. The molecule has 0 aliphatic carbocycles. The number of nitrogens with two attached hydrogens (primary N) is 1. The molecule has 1 unspecified atom stereocenters. The number of carbonyl (C=O) groups is 2. The fraction of sp³-hybridized carbons (Fsp3) is 0.579. The van der Waals surface area contributed by atoms with Crippen molar-refractivity contribution >= 4 is 36.6 Å². The number of piperazine rings is 1. The molecule has 10 heteroatoms. The number of hydrogen-bond donors (Lipinski definition) is 2. The summed E-state index contributed by atoms with van der Waals surface area (Å²) in [7, 11) is 3.17. The van der Waals surface area contributed by atoms with Gasteiger partial charge in [0.1, 0.15) is 5.75 Å². The summed E-state index contributed by atoms with van der Waals surface area (Å²) in [6.07, 6.45) is 0.106. The van der Waals surface area contributed by atoms with E-state index in [9.17, 15) is 9.59 Å². The summed E-state index contributed by atoms with van der Waals surface area (Å²) in [5.41, 5.74) is 6.18. The van der Waals surface area contributed by atoms with Crippen LogP contribution in [0.4, 0.5) is 0 Å². The average molecular weight is 451 g/mol. The van der Waals surface area contributed by atoms with E-state index in [1.807, 2.05) is 4.90 Å². The minimum atomic E-state index is -0.219. The molecule has 2 amide bonds. The normalized spacial score (nSPS) is 14.9. The van der Waals surface area contributed by atoms with Gasteiger partial charge in [0.15, 0.2) is 0 Å². The molecule has 1 atom stereocenters. The summed E-state index contributed by atoms with van der Waals surface area (Å²) in [6, 6.07) is 7.02. The van der Waals surface area contributed by atoms with Gasteiger partial charge < -0.3 is 25.4 Å². The maximum atomic E-state index is 12.2. The zero-order valence-corrected chi connectivity index (χ0v) is 18.6. The highest BCUT2D eigenvalue weighted by atomic mass is 35.5. The molecule has 1 saturated heterocycles. The molecule has 1 heterocycles. The van der Waals surface area contributed by atoms with E-state index in [1.165, 1.54) is 0 Å². The lowest BCUT2D eigenvalue weighted by molar-refractivity contribution is -0.135. The van der Waals surface area contributed by atoms with Gasteiger partial charge in [0.25, 0.3) is 5.91 Å². The summed E-state index contributed by atoms with van der Waals surface area (Å²) in [4.78, 5) is 28.5. The smallest absolute Gasteiger partial charge is 0.251 e. The minimum absolute atomic E-state index is 0. The SMILES string of the molecule is COc1ccc(C(=O)NCCN2CCN(C(=O)CC(CN)OC)CC2)cc1.Cl.Cl. The number of ether oxygens (including phenoxy) is 2. The Hall–Kier alpha value is -1.58. The summed E-state index contributed by atoms with van der Waals surface area (Å²) in [5.74, 6) is 0.709. The van der Waals surface area contributed by atoms with E-state index in [1.54, 1.807) is 38.5 Å². The molecule has 29 heavy (non-hydrogen) atoms. The highest BCUT2D eigenvalue weighted by Crippen LogP contribution is 2.11. The fourth-order valence-corrected chi connectivity index (χ4v) is 2.98. The molecule has 0 radical (unpaired) electrons. The van der Waals surface area contributed by atoms with Crippen LogP contribution >= 0.6 is 24.8 Å². The first-order chi connectivity index (χ1) is 13.1. The molecule has 2 rings (SSSR count). The van der Waals surface area contributed by atoms with Gasteiger partial charge in [-0.25, -0.2) is 0 Å². The maximum absolute atomic E-state index is 12.2. The van der Waals surface area contributed by atoms with Crippen LogP contribution in [0, 0.1) is 0 Å². The quantitative estimate of drug-likeness (QED) is 0.576. The van der Waals surface area contributed by atoms with Crippen LogP contribution in [0.3, 0.4) is 0 Å². The Labute approximate surface area is 184 Å². The van der Waals surface area contributed by atoms with Crippen LogP contribution in [-0.4, -0.2) is 87.8 Å². The van der Waals surface area contributed by atoms with Gasteiger partial charge in [0.2, 0.25) is 5.91 Å².